The second-order valence-electron chi connectivity index (χ2n) is 7.70. The molecule has 0 fully saturated rings. The summed E-state index contributed by atoms with van der Waals surface area (Å²) in [5, 5.41) is 9.21. The Labute approximate surface area is 204 Å². The number of rotatable bonds is 5. The van der Waals surface area contributed by atoms with Gasteiger partial charge in [-0.3, -0.25) is 9.69 Å². The van der Waals surface area contributed by atoms with Crippen LogP contribution in [-0.4, -0.2) is 17.0 Å². The summed E-state index contributed by atoms with van der Waals surface area (Å²) in [5.41, 5.74) is 3.73. The normalized spacial score (nSPS) is 14.5. The third kappa shape index (κ3) is 4.23. The van der Waals surface area contributed by atoms with E-state index in [9.17, 15) is 14.7 Å². The molecule has 1 aliphatic rings. The number of hydrogen-bond donors (Lipinski definition) is 1. The molecule has 1 aromatic heterocycles. The number of aromatic carboxylic acids is 1. The first kappa shape index (κ1) is 21.7. The van der Waals surface area contributed by atoms with Crippen molar-refractivity contribution in [1.29, 1.82) is 0 Å². The molecule has 5 rings (SSSR count). The van der Waals surface area contributed by atoms with Gasteiger partial charge in [-0.15, -0.1) is 0 Å². The molecule has 5 nitrogen and oxygen atoms in total. The minimum absolute atomic E-state index is 0.160. The molecule has 4 aromatic rings. The van der Waals surface area contributed by atoms with E-state index in [1.165, 1.54) is 12.1 Å². The van der Waals surface area contributed by atoms with Crippen LogP contribution in [0.25, 0.3) is 23.1 Å². The first-order valence-electron chi connectivity index (χ1n) is 10.5. The molecular weight excluding hydrogens is 494 g/mol. The van der Waals surface area contributed by atoms with Gasteiger partial charge in [0.1, 0.15) is 11.5 Å². The topological polar surface area (TPSA) is 70.8 Å². The molecule has 1 amide bonds. The summed E-state index contributed by atoms with van der Waals surface area (Å²) >= 11 is 3.43. The van der Waals surface area contributed by atoms with E-state index < -0.39 is 5.97 Å². The minimum Gasteiger partial charge on any atom is -0.478 e. The van der Waals surface area contributed by atoms with Crippen LogP contribution in [0, 0.1) is 0 Å². The number of furan rings is 1. The van der Waals surface area contributed by atoms with E-state index in [4.69, 9.17) is 4.42 Å². The summed E-state index contributed by atoms with van der Waals surface area (Å²) in [6.45, 7) is 0. The fourth-order valence-electron chi connectivity index (χ4n) is 3.80. The Kier molecular flexibility index (Phi) is 5.74. The lowest BCUT2D eigenvalue weighted by molar-refractivity contribution is -0.113. The summed E-state index contributed by atoms with van der Waals surface area (Å²) in [7, 11) is 0. The fourth-order valence-corrected chi connectivity index (χ4v) is 4.06. The van der Waals surface area contributed by atoms with Gasteiger partial charge in [-0.25, -0.2) is 4.79 Å². The van der Waals surface area contributed by atoms with Gasteiger partial charge in [0, 0.05) is 21.3 Å². The van der Waals surface area contributed by atoms with E-state index in [1.807, 2.05) is 72.8 Å². The van der Waals surface area contributed by atoms with Crippen molar-refractivity contribution in [1.82, 2.24) is 0 Å². The van der Waals surface area contributed by atoms with Crippen LogP contribution in [0.4, 0.5) is 5.69 Å². The molecule has 0 aliphatic carbocycles. The SMILES string of the molecule is O=C(O)c1ccc(N2C(=O)C(=Cc3ccc(-c4ccc(Br)cc4)o3)C=C2c2ccccc2)cc1. The maximum absolute atomic E-state index is 13.5. The van der Waals surface area contributed by atoms with Crippen LogP contribution in [0.5, 0.6) is 0 Å². The third-order valence-corrected chi connectivity index (χ3v) is 6.01. The van der Waals surface area contributed by atoms with Gasteiger partial charge in [0.2, 0.25) is 0 Å². The van der Waals surface area contributed by atoms with E-state index in [2.05, 4.69) is 15.9 Å². The molecule has 0 spiro atoms. The number of carboxylic acid groups (broad SMARTS) is 1. The van der Waals surface area contributed by atoms with E-state index in [0.29, 0.717) is 28.5 Å². The van der Waals surface area contributed by atoms with Crippen molar-refractivity contribution < 1.29 is 19.1 Å². The van der Waals surface area contributed by atoms with Crippen molar-refractivity contribution in [2.75, 3.05) is 4.90 Å². The molecule has 0 radical (unpaired) electrons. The number of nitrogens with zero attached hydrogens (tertiary/aromatic N) is 1. The van der Waals surface area contributed by atoms with Crippen molar-refractivity contribution in [2.45, 2.75) is 0 Å². The second-order valence-corrected chi connectivity index (χ2v) is 8.61. The average Bonchev–Trinajstić information content (AvgIpc) is 3.45. The van der Waals surface area contributed by atoms with Gasteiger partial charge in [0.25, 0.3) is 5.91 Å². The molecule has 0 saturated heterocycles. The summed E-state index contributed by atoms with van der Waals surface area (Å²) < 4.78 is 6.97. The molecule has 0 saturated carbocycles. The van der Waals surface area contributed by atoms with Crippen molar-refractivity contribution in [3.63, 3.8) is 0 Å². The molecular formula is C28H18BrNO4. The molecule has 34 heavy (non-hydrogen) atoms. The Balaban J connectivity index is 1.52. The van der Waals surface area contributed by atoms with Crippen molar-refractivity contribution >= 4 is 45.3 Å². The van der Waals surface area contributed by atoms with Crippen LogP contribution in [0.2, 0.25) is 0 Å². The summed E-state index contributed by atoms with van der Waals surface area (Å²) in [6.07, 6.45) is 3.55. The van der Waals surface area contributed by atoms with Gasteiger partial charge < -0.3 is 9.52 Å². The molecule has 0 atom stereocenters. The van der Waals surface area contributed by atoms with Crippen molar-refractivity contribution in [2.24, 2.45) is 0 Å². The van der Waals surface area contributed by atoms with Gasteiger partial charge in [0.05, 0.1) is 11.3 Å². The van der Waals surface area contributed by atoms with Crippen LogP contribution in [0.1, 0.15) is 21.7 Å². The fraction of sp³-hybridized carbons (Fsp3) is 0. The van der Waals surface area contributed by atoms with Crippen LogP contribution in [-0.2, 0) is 4.79 Å². The second kappa shape index (κ2) is 9.00. The molecule has 1 N–H and O–H groups in total. The zero-order chi connectivity index (χ0) is 23.7. The lowest BCUT2D eigenvalue weighted by Gasteiger charge is -2.21. The predicted octanol–water partition coefficient (Wildman–Crippen LogP) is 6.88. The Bertz CT molecular complexity index is 1430. The monoisotopic (exact) mass is 511 g/mol. The van der Waals surface area contributed by atoms with Gasteiger partial charge in [-0.2, -0.15) is 0 Å². The maximum atomic E-state index is 13.5. The number of carboxylic acids is 1. The van der Waals surface area contributed by atoms with E-state index in [-0.39, 0.29) is 11.5 Å². The smallest absolute Gasteiger partial charge is 0.335 e. The highest BCUT2D eigenvalue weighted by Gasteiger charge is 2.30. The van der Waals surface area contributed by atoms with Crippen LogP contribution >= 0.6 is 15.9 Å². The van der Waals surface area contributed by atoms with Crippen LogP contribution in [0.3, 0.4) is 0 Å². The average molecular weight is 512 g/mol. The Hall–Kier alpha value is -4.16. The number of amides is 1. The number of carbonyl (C=O) groups excluding carboxylic acids is 1. The number of halogens is 1. The highest BCUT2D eigenvalue weighted by atomic mass is 79.9. The van der Waals surface area contributed by atoms with Crippen LogP contribution in [0.15, 0.2) is 112 Å². The van der Waals surface area contributed by atoms with Gasteiger partial charge >= 0.3 is 5.97 Å². The quantitative estimate of drug-likeness (QED) is 0.296. The molecule has 166 valence electrons. The van der Waals surface area contributed by atoms with E-state index >= 15 is 0 Å². The number of benzene rings is 3. The Morgan fingerprint density at radius 2 is 1.56 bits per heavy atom. The van der Waals surface area contributed by atoms with Crippen molar-refractivity contribution in [3.8, 4) is 11.3 Å². The molecule has 6 heteroatoms. The lowest BCUT2D eigenvalue weighted by Crippen LogP contribution is -2.25. The third-order valence-electron chi connectivity index (χ3n) is 5.48. The Morgan fingerprint density at radius 3 is 2.24 bits per heavy atom. The molecule has 3 aromatic carbocycles. The van der Waals surface area contributed by atoms with E-state index in [1.54, 1.807) is 23.1 Å². The lowest BCUT2D eigenvalue weighted by atomic mass is 10.1. The standard InChI is InChI=1S/C28H18BrNO4/c29-22-10-6-19(7-11-22)26-15-14-24(34-26)16-21-17-25(18-4-2-1-3-5-18)30(27(21)31)23-12-8-20(9-13-23)28(32)33/h1-17H,(H,32,33). The first-order chi connectivity index (χ1) is 16.5. The number of hydrogen-bond acceptors (Lipinski definition) is 3. The highest BCUT2D eigenvalue weighted by molar-refractivity contribution is 9.10. The molecule has 2 heterocycles. The maximum Gasteiger partial charge on any atom is 0.335 e. The number of carbonyl (C=O) groups is 2. The van der Waals surface area contributed by atoms with Gasteiger partial charge in [-0.1, -0.05) is 58.4 Å². The first-order valence-corrected chi connectivity index (χ1v) is 11.3. The Morgan fingerprint density at radius 1 is 0.853 bits per heavy atom. The minimum atomic E-state index is -1.02. The highest BCUT2D eigenvalue weighted by Crippen LogP contribution is 2.36. The summed E-state index contributed by atoms with van der Waals surface area (Å²) in [4.78, 5) is 26.3. The van der Waals surface area contributed by atoms with Crippen LogP contribution < -0.4 is 4.90 Å². The van der Waals surface area contributed by atoms with Crippen molar-refractivity contribution in [3.05, 3.63) is 124 Å². The summed E-state index contributed by atoms with van der Waals surface area (Å²) in [6, 6.07) is 27.4. The zero-order valence-corrected chi connectivity index (χ0v) is 19.4. The van der Waals surface area contributed by atoms with Gasteiger partial charge in [0.15, 0.2) is 0 Å². The van der Waals surface area contributed by atoms with E-state index in [0.717, 1.165) is 15.6 Å². The predicted molar refractivity (Wildman–Crippen MR) is 135 cm³/mol. The molecule has 1 aliphatic heterocycles. The largest absolute Gasteiger partial charge is 0.478 e. The number of anilines is 1. The molecule has 0 unspecified atom stereocenters. The van der Waals surface area contributed by atoms with Gasteiger partial charge in [-0.05, 0) is 66.2 Å². The summed E-state index contributed by atoms with van der Waals surface area (Å²) in [5.74, 6) is 0.0350. The zero-order valence-electron chi connectivity index (χ0n) is 17.8. The molecule has 0 bridgehead atoms.